The molecule has 1 aromatic heterocycles. The molecule has 3 heteroatoms. The molecule has 0 saturated heterocycles. The first-order chi connectivity index (χ1) is 10.1. The van der Waals surface area contributed by atoms with E-state index in [2.05, 4.69) is 49.3 Å². The molecule has 1 N–H and O–H groups in total. The van der Waals surface area contributed by atoms with Crippen LogP contribution in [-0.4, -0.2) is 10.6 Å². The van der Waals surface area contributed by atoms with Crippen LogP contribution >= 0.6 is 0 Å². The van der Waals surface area contributed by atoms with Gasteiger partial charge in [-0.1, -0.05) is 24.3 Å². The highest BCUT2D eigenvalue weighted by molar-refractivity contribution is 5.45. The minimum absolute atomic E-state index is 0.0922. The van der Waals surface area contributed by atoms with Crippen LogP contribution in [0.3, 0.4) is 0 Å². The molecule has 21 heavy (non-hydrogen) atoms. The van der Waals surface area contributed by atoms with Crippen LogP contribution in [0.2, 0.25) is 0 Å². The van der Waals surface area contributed by atoms with E-state index in [-0.39, 0.29) is 11.6 Å². The van der Waals surface area contributed by atoms with Crippen molar-refractivity contribution >= 4 is 0 Å². The smallest absolute Gasteiger partial charge is 0.127 e. The molecule has 0 spiro atoms. The quantitative estimate of drug-likeness (QED) is 0.929. The van der Waals surface area contributed by atoms with Gasteiger partial charge in [0.15, 0.2) is 0 Å². The molecule has 1 aliphatic heterocycles. The largest absolute Gasteiger partial charge is 0.487 e. The van der Waals surface area contributed by atoms with Gasteiger partial charge in [0.1, 0.15) is 11.4 Å². The maximum absolute atomic E-state index is 6.11. The number of ether oxygens (including phenoxy) is 1. The van der Waals surface area contributed by atoms with E-state index >= 15 is 0 Å². The molecule has 0 fully saturated rings. The van der Waals surface area contributed by atoms with Crippen molar-refractivity contribution in [3.05, 3.63) is 59.4 Å². The average molecular weight is 282 g/mol. The molecule has 0 aliphatic carbocycles. The van der Waals surface area contributed by atoms with E-state index in [1.807, 2.05) is 24.4 Å². The van der Waals surface area contributed by atoms with Gasteiger partial charge in [-0.2, -0.15) is 0 Å². The average Bonchev–Trinajstić information content (AvgIpc) is 2.80. The highest BCUT2D eigenvalue weighted by Gasteiger charge is 2.31. The molecular formula is C18H22N2O. The monoisotopic (exact) mass is 282 g/mol. The molecule has 1 aliphatic rings. The lowest BCUT2D eigenvalue weighted by atomic mass is 10.0. The summed E-state index contributed by atoms with van der Waals surface area (Å²) in [4.78, 5) is 4.39. The van der Waals surface area contributed by atoms with Crippen molar-refractivity contribution in [2.45, 2.75) is 45.4 Å². The predicted octanol–water partition coefficient (Wildman–Crippen LogP) is 3.65. The highest BCUT2D eigenvalue weighted by atomic mass is 16.5. The molecule has 0 amide bonds. The van der Waals surface area contributed by atoms with Gasteiger partial charge < -0.3 is 10.1 Å². The van der Waals surface area contributed by atoms with Gasteiger partial charge in [-0.25, -0.2) is 0 Å². The van der Waals surface area contributed by atoms with Gasteiger partial charge in [0.05, 0.1) is 5.69 Å². The Morgan fingerprint density at radius 3 is 2.86 bits per heavy atom. The standard InChI is InChI=1S/C18H22N2O/c1-13(16-9-4-5-10-19-16)20-12-15-8-6-7-14-11-18(2,3)21-17(14)15/h4-10,13,20H,11-12H2,1-3H3/t13-/m1/s1. The number of rotatable bonds is 4. The van der Waals surface area contributed by atoms with E-state index in [0.717, 1.165) is 24.4 Å². The predicted molar refractivity (Wildman–Crippen MR) is 84.3 cm³/mol. The minimum Gasteiger partial charge on any atom is -0.487 e. The molecular weight excluding hydrogens is 260 g/mol. The van der Waals surface area contributed by atoms with E-state index < -0.39 is 0 Å². The van der Waals surface area contributed by atoms with Crippen molar-refractivity contribution in [1.29, 1.82) is 0 Å². The molecule has 0 saturated carbocycles. The number of benzene rings is 1. The topological polar surface area (TPSA) is 34.1 Å². The Morgan fingerprint density at radius 2 is 2.10 bits per heavy atom. The number of para-hydroxylation sites is 1. The van der Waals surface area contributed by atoms with Crippen LogP contribution < -0.4 is 10.1 Å². The van der Waals surface area contributed by atoms with Gasteiger partial charge in [-0.3, -0.25) is 4.98 Å². The molecule has 1 atom stereocenters. The normalized spacial score (nSPS) is 17.1. The molecule has 0 radical (unpaired) electrons. The summed E-state index contributed by atoms with van der Waals surface area (Å²) in [7, 11) is 0. The van der Waals surface area contributed by atoms with Crippen LogP contribution in [0.5, 0.6) is 5.75 Å². The fourth-order valence-corrected chi connectivity index (χ4v) is 2.82. The lowest BCUT2D eigenvalue weighted by molar-refractivity contribution is 0.137. The third-order valence-electron chi connectivity index (χ3n) is 3.90. The van der Waals surface area contributed by atoms with Crippen molar-refractivity contribution in [2.24, 2.45) is 0 Å². The number of pyridine rings is 1. The first kappa shape index (κ1) is 14.1. The van der Waals surface area contributed by atoms with Crippen molar-refractivity contribution in [3.8, 4) is 5.75 Å². The molecule has 2 aromatic rings. The summed E-state index contributed by atoms with van der Waals surface area (Å²) in [5, 5.41) is 3.53. The van der Waals surface area contributed by atoms with Crippen molar-refractivity contribution in [3.63, 3.8) is 0 Å². The van der Waals surface area contributed by atoms with Crippen molar-refractivity contribution in [1.82, 2.24) is 10.3 Å². The first-order valence-electron chi connectivity index (χ1n) is 7.49. The SMILES string of the molecule is C[C@@H](NCc1cccc2c1OC(C)(C)C2)c1ccccn1. The summed E-state index contributed by atoms with van der Waals surface area (Å²) >= 11 is 0. The van der Waals surface area contributed by atoms with Gasteiger partial charge in [0, 0.05) is 30.8 Å². The molecule has 1 aromatic carbocycles. The van der Waals surface area contributed by atoms with Crippen LogP contribution in [0.4, 0.5) is 0 Å². The van der Waals surface area contributed by atoms with Gasteiger partial charge in [0.25, 0.3) is 0 Å². The van der Waals surface area contributed by atoms with Gasteiger partial charge in [0.2, 0.25) is 0 Å². The Morgan fingerprint density at radius 1 is 1.24 bits per heavy atom. The van der Waals surface area contributed by atoms with Crippen molar-refractivity contribution in [2.75, 3.05) is 0 Å². The number of hydrogen-bond acceptors (Lipinski definition) is 3. The van der Waals surface area contributed by atoms with E-state index in [4.69, 9.17) is 4.74 Å². The second kappa shape index (κ2) is 5.49. The van der Waals surface area contributed by atoms with Crippen molar-refractivity contribution < 1.29 is 4.74 Å². The zero-order chi connectivity index (χ0) is 14.9. The highest BCUT2D eigenvalue weighted by Crippen LogP contribution is 2.37. The molecule has 2 heterocycles. The Bertz CT molecular complexity index is 622. The zero-order valence-corrected chi connectivity index (χ0v) is 12.9. The number of hydrogen-bond donors (Lipinski definition) is 1. The fourth-order valence-electron chi connectivity index (χ4n) is 2.82. The first-order valence-corrected chi connectivity index (χ1v) is 7.49. The second-order valence-corrected chi connectivity index (χ2v) is 6.30. The Kier molecular flexibility index (Phi) is 3.68. The number of nitrogens with one attached hydrogen (secondary N) is 1. The molecule has 3 rings (SSSR count). The van der Waals surface area contributed by atoms with Crippen LogP contribution in [0.15, 0.2) is 42.6 Å². The summed E-state index contributed by atoms with van der Waals surface area (Å²) in [5.41, 5.74) is 3.50. The minimum atomic E-state index is -0.0922. The summed E-state index contributed by atoms with van der Waals surface area (Å²) in [5.74, 6) is 1.06. The summed E-state index contributed by atoms with van der Waals surface area (Å²) in [6.45, 7) is 7.20. The Hall–Kier alpha value is -1.87. The van der Waals surface area contributed by atoms with Gasteiger partial charge in [-0.05, 0) is 38.5 Å². The van der Waals surface area contributed by atoms with Crippen LogP contribution in [-0.2, 0) is 13.0 Å². The maximum Gasteiger partial charge on any atom is 0.127 e. The molecule has 110 valence electrons. The molecule has 0 unspecified atom stereocenters. The third-order valence-corrected chi connectivity index (χ3v) is 3.90. The van der Waals surface area contributed by atoms with E-state index in [1.54, 1.807) is 0 Å². The third kappa shape index (κ3) is 3.08. The maximum atomic E-state index is 6.11. The lowest BCUT2D eigenvalue weighted by Gasteiger charge is -2.19. The summed E-state index contributed by atoms with van der Waals surface area (Å²) in [6.07, 6.45) is 2.81. The summed E-state index contributed by atoms with van der Waals surface area (Å²) in [6, 6.07) is 12.6. The lowest BCUT2D eigenvalue weighted by Crippen LogP contribution is -2.25. The van der Waals surface area contributed by atoms with Gasteiger partial charge >= 0.3 is 0 Å². The van der Waals surface area contributed by atoms with E-state index in [1.165, 1.54) is 11.1 Å². The molecule has 3 nitrogen and oxygen atoms in total. The van der Waals surface area contributed by atoms with Crippen LogP contribution in [0.25, 0.3) is 0 Å². The van der Waals surface area contributed by atoms with E-state index in [9.17, 15) is 0 Å². The van der Waals surface area contributed by atoms with E-state index in [0.29, 0.717) is 0 Å². The Labute approximate surface area is 126 Å². The fraction of sp³-hybridized carbons (Fsp3) is 0.389. The Balaban J connectivity index is 1.72. The zero-order valence-electron chi connectivity index (χ0n) is 12.9. The van der Waals surface area contributed by atoms with Crippen LogP contribution in [0.1, 0.15) is 43.6 Å². The number of nitrogens with zero attached hydrogens (tertiary/aromatic N) is 1. The van der Waals surface area contributed by atoms with Gasteiger partial charge in [-0.15, -0.1) is 0 Å². The van der Waals surface area contributed by atoms with Crippen LogP contribution in [0, 0.1) is 0 Å². The number of aromatic nitrogens is 1. The molecule has 0 bridgehead atoms. The second-order valence-electron chi connectivity index (χ2n) is 6.30. The summed E-state index contributed by atoms with van der Waals surface area (Å²) < 4.78 is 6.11. The number of fused-ring (bicyclic) bond motifs is 1.